The Morgan fingerprint density at radius 3 is 1.90 bits per heavy atom. The lowest BCUT2D eigenvalue weighted by atomic mass is 9.94. The smallest absolute Gasteiger partial charge is 0.161 e. The molecule has 0 N–H and O–H groups in total. The number of hydrogen-bond acceptors (Lipinski definition) is 5. The number of fused-ring (bicyclic) bond motifs is 6. The zero-order valence-corrected chi connectivity index (χ0v) is 26.7. The fourth-order valence-electron chi connectivity index (χ4n) is 7.05. The Labute approximate surface area is 287 Å². The minimum Gasteiger partial charge on any atom is -0.456 e. The highest BCUT2D eigenvalue weighted by Crippen LogP contribution is 2.43. The van der Waals surface area contributed by atoms with E-state index in [4.69, 9.17) is 18.8 Å². The van der Waals surface area contributed by atoms with Gasteiger partial charge in [-0.05, 0) is 59.7 Å². The van der Waals surface area contributed by atoms with Gasteiger partial charge in [0.25, 0.3) is 0 Å². The average molecular weight is 642 g/mol. The Bertz CT molecular complexity index is 2870. The molecule has 5 nitrogen and oxygen atoms in total. The van der Waals surface area contributed by atoms with Crippen molar-refractivity contribution in [1.82, 2.24) is 15.0 Å². The molecule has 4 aromatic heterocycles. The second-order valence-electron chi connectivity index (χ2n) is 12.4. The first-order valence-corrected chi connectivity index (χ1v) is 16.6. The number of furan rings is 2. The molecule has 10 rings (SSSR count). The van der Waals surface area contributed by atoms with Gasteiger partial charge in [-0.2, -0.15) is 0 Å². The highest BCUT2D eigenvalue weighted by molar-refractivity contribution is 6.17. The third-order valence-electron chi connectivity index (χ3n) is 9.39. The van der Waals surface area contributed by atoms with E-state index in [1.54, 1.807) is 0 Å². The van der Waals surface area contributed by atoms with E-state index in [1.807, 2.05) is 79.0 Å². The molecule has 0 amide bonds. The van der Waals surface area contributed by atoms with Gasteiger partial charge in [0.1, 0.15) is 22.3 Å². The topological polar surface area (TPSA) is 65.0 Å². The number of benzene rings is 6. The van der Waals surface area contributed by atoms with Crippen molar-refractivity contribution in [1.29, 1.82) is 0 Å². The summed E-state index contributed by atoms with van der Waals surface area (Å²) in [6, 6.07) is 53.6. The summed E-state index contributed by atoms with van der Waals surface area (Å²) in [5.41, 5.74) is 11.8. The highest BCUT2D eigenvalue weighted by Gasteiger charge is 2.21. The van der Waals surface area contributed by atoms with Gasteiger partial charge in [-0.15, -0.1) is 0 Å². The molecule has 0 unspecified atom stereocenters. The lowest BCUT2D eigenvalue weighted by Gasteiger charge is -2.13. The summed E-state index contributed by atoms with van der Waals surface area (Å²) >= 11 is 0. The number of aromatic nitrogens is 3. The third kappa shape index (κ3) is 4.60. The molecule has 0 radical (unpaired) electrons. The molecule has 0 aliphatic rings. The first-order chi connectivity index (χ1) is 24.8. The van der Waals surface area contributed by atoms with Crippen molar-refractivity contribution < 1.29 is 8.83 Å². The van der Waals surface area contributed by atoms with E-state index in [2.05, 4.69) is 89.9 Å². The van der Waals surface area contributed by atoms with E-state index in [1.165, 1.54) is 0 Å². The molecule has 5 heteroatoms. The van der Waals surface area contributed by atoms with Gasteiger partial charge in [0.15, 0.2) is 5.82 Å². The molecule has 50 heavy (non-hydrogen) atoms. The minimum atomic E-state index is 0.619. The van der Waals surface area contributed by atoms with Crippen molar-refractivity contribution in [3.05, 3.63) is 164 Å². The maximum atomic E-state index is 6.74. The molecular weight excluding hydrogens is 615 g/mol. The summed E-state index contributed by atoms with van der Waals surface area (Å²) < 4.78 is 12.9. The van der Waals surface area contributed by atoms with E-state index < -0.39 is 0 Å². The Morgan fingerprint density at radius 2 is 1.06 bits per heavy atom. The first kappa shape index (κ1) is 28.2. The van der Waals surface area contributed by atoms with Crippen LogP contribution in [-0.4, -0.2) is 15.0 Å². The normalized spacial score (nSPS) is 11.6. The number of pyridine rings is 1. The summed E-state index contributed by atoms with van der Waals surface area (Å²) in [6.07, 6.45) is 1.81. The van der Waals surface area contributed by atoms with Crippen LogP contribution in [0.2, 0.25) is 0 Å². The maximum absolute atomic E-state index is 6.74. The largest absolute Gasteiger partial charge is 0.456 e. The number of nitrogens with zero attached hydrogens (tertiary/aromatic N) is 3. The van der Waals surface area contributed by atoms with E-state index >= 15 is 0 Å². The Kier molecular flexibility index (Phi) is 6.42. The summed E-state index contributed by atoms with van der Waals surface area (Å²) in [5.74, 6) is 0.619. The van der Waals surface area contributed by atoms with E-state index in [-0.39, 0.29) is 0 Å². The third-order valence-corrected chi connectivity index (χ3v) is 9.39. The number of rotatable bonds is 5. The van der Waals surface area contributed by atoms with E-state index in [0.717, 1.165) is 94.3 Å². The molecule has 0 aliphatic heterocycles. The maximum Gasteiger partial charge on any atom is 0.161 e. The minimum absolute atomic E-state index is 0.619. The SMILES string of the molecule is c1ccc(-c2cc(-c3ccc(-c4ccc5oc6ccccc6c5c4)c4c3oc3ccccc34)nc(-c3ccccc3-c3ccccn3)n2)cc1. The fraction of sp³-hybridized carbons (Fsp3) is 0. The van der Waals surface area contributed by atoms with Crippen molar-refractivity contribution in [3.8, 4) is 56.3 Å². The van der Waals surface area contributed by atoms with Gasteiger partial charge in [0.2, 0.25) is 0 Å². The molecule has 10 aromatic rings. The molecule has 0 spiro atoms. The van der Waals surface area contributed by atoms with Gasteiger partial charge in [0, 0.05) is 50.0 Å². The van der Waals surface area contributed by atoms with E-state index in [0.29, 0.717) is 5.82 Å². The van der Waals surface area contributed by atoms with Crippen LogP contribution < -0.4 is 0 Å². The van der Waals surface area contributed by atoms with Crippen LogP contribution in [0.3, 0.4) is 0 Å². The van der Waals surface area contributed by atoms with Crippen molar-refractivity contribution in [2.24, 2.45) is 0 Å². The van der Waals surface area contributed by atoms with Crippen LogP contribution in [0.5, 0.6) is 0 Å². The monoisotopic (exact) mass is 641 g/mol. The molecule has 0 fully saturated rings. The van der Waals surface area contributed by atoms with Crippen LogP contribution in [0.15, 0.2) is 173 Å². The van der Waals surface area contributed by atoms with Crippen molar-refractivity contribution in [2.75, 3.05) is 0 Å². The summed E-state index contributed by atoms with van der Waals surface area (Å²) in [5, 5.41) is 4.28. The summed E-state index contributed by atoms with van der Waals surface area (Å²) in [7, 11) is 0. The van der Waals surface area contributed by atoms with Gasteiger partial charge in [0.05, 0.1) is 17.1 Å². The van der Waals surface area contributed by atoms with Crippen LogP contribution in [0.4, 0.5) is 0 Å². The fourth-order valence-corrected chi connectivity index (χ4v) is 7.05. The van der Waals surface area contributed by atoms with Gasteiger partial charge in [-0.25, -0.2) is 9.97 Å². The second kappa shape index (κ2) is 11.4. The lowest BCUT2D eigenvalue weighted by molar-refractivity contribution is 0.669. The first-order valence-electron chi connectivity index (χ1n) is 16.6. The molecule has 0 aliphatic carbocycles. The van der Waals surface area contributed by atoms with E-state index in [9.17, 15) is 0 Å². The Morgan fingerprint density at radius 1 is 0.380 bits per heavy atom. The van der Waals surface area contributed by atoms with Gasteiger partial charge in [-0.3, -0.25) is 4.98 Å². The van der Waals surface area contributed by atoms with Crippen LogP contribution >= 0.6 is 0 Å². The highest BCUT2D eigenvalue weighted by atomic mass is 16.3. The molecule has 6 aromatic carbocycles. The summed E-state index contributed by atoms with van der Waals surface area (Å²) in [6.45, 7) is 0. The van der Waals surface area contributed by atoms with Crippen molar-refractivity contribution in [3.63, 3.8) is 0 Å². The lowest BCUT2D eigenvalue weighted by Crippen LogP contribution is -1.98. The predicted molar refractivity (Wildman–Crippen MR) is 202 cm³/mol. The van der Waals surface area contributed by atoms with Crippen molar-refractivity contribution in [2.45, 2.75) is 0 Å². The standard InChI is InChI=1S/C45H27N3O2/c1-2-12-28(13-3-1)38-27-39(48-45(47-38)33-16-5-4-14-31(33)37-18-10-11-25-46-37)34-23-22-30(43-35-17-7-9-20-41(35)50-44(34)43)29-21-24-42-36(26-29)32-15-6-8-19-40(32)49-42/h1-27H. The molecule has 0 saturated carbocycles. The summed E-state index contributed by atoms with van der Waals surface area (Å²) in [4.78, 5) is 15.1. The molecule has 0 saturated heterocycles. The van der Waals surface area contributed by atoms with Gasteiger partial charge >= 0.3 is 0 Å². The Hall–Kier alpha value is -6.85. The zero-order valence-electron chi connectivity index (χ0n) is 26.7. The number of hydrogen-bond donors (Lipinski definition) is 0. The molecular formula is C45H27N3O2. The number of para-hydroxylation sites is 2. The van der Waals surface area contributed by atoms with Crippen LogP contribution in [0, 0.1) is 0 Å². The molecule has 234 valence electrons. The Balaban J connectivity index is 1.23. The van der Waals surface area contributed by atoms with Gasteiger partial charge < -0.3 is 8.83 Å². The van der Waals surface area contributed by atoms with Crippen LogP contribution in [0.25, 0.3) is 100 Å². The second-order valence-corrected chi connectivity index (χ2v) is 12.4. The van der Waals surface area contributed by atoms with Crippen molar-refractivity contribution >= 4 is 43.9 Å². The van der Waals surface area contributed by atoms with Crippen LogP contribution in [-0.2, 0) is 0 Å². The molecule has 0 atom stereocenters. The molecule has 0 bridgehead atoms. The van der Waals surface area contributed by atoms with Gasteiger partial charge in [-0.1, -0.05) is 109 Å². The average Bonchev–Trinajstić information content (AvgIpc) is 3.77. The molecule has 4 heterocycles. The quantitative estimate of drug-likeness (QED) is 0.187. The zero-order chi connectivity index (χ0) is 33.0. The predicted octanol–water partition coefficient (Wildman–Crippen LogP) is 12.0. The van der Waals surface area contributed by atoms with Crippen LogP contribution in [0.1, 0.15) is 0 Å².